The van der Waals surface area contributed by atoms with E-state index >= 15 is 0 Å². The highest BCUT2D eigenvalue weighted by Gasteiger charge is 2.02. The Morgan fingerprint density at radius 3 is 2.05 bits per heavy atom. The highest BCUT2D eigenvalue weighted by Crippen LogP contribution is 2.09. The van der Waals surface area contributed by atoms with Crippen molar-refractivity contribution in [1.29, 1.82) is 0 Å². The van der Waals surface area contributed by atoms with E-state index < -0.39 is 5.97 Å². The van der Waals surface area contributed by atoms with Gasteiger partial charge in [-0.05, 0) is 29.8 Å². The van der Waals surface area contributed by atoms with Crippen molar-refractivity contribution in [3.05, 3.63) is 65.7 Å². The summed E-state index contributed by atoms with van der Waals surface area (Å²) in [6.07, 6.45) is 0. The van der Waals surface area contributed by atoms with Gasteiger partial charge in [0.05, 0.1) is 19.3 Å². The van der Waals surface area contributed by atoms with Gasteiger partial charge in [0.15, 0.2) is 0 Å². The van der Waals surface area contributed by atoms with Crippen molar-refractivity contribution in [3.63, 3.8) is 0 Å². The molecule has 0 fully saturated rings. The summed E-state index contributed by atoms with van der Waals surface area (Å²) in [5, 5.41) is 17.4. The first kappa shape index (κ1) is 14.7. The Morgan fingerprint density at radius 1 is 1.05 bits per heavy atom. The number of benzene rings is 2. The van der Waals surface area contributed by atoms with Gasteiger partial charge in [-0.25, -0.2) is 4.79 Å². The van der Waals surface area contributed by atoms with E-state index in [0.29, 0.717) is 5.56 Å². The van der Waals surface area contributed by atoms with Crippen LogP contribution in [0, 0.1) is 0 Å². The molecule has 100 valence electrons. The van der Waals surface area contributed by atoms with Crippen molar-refractivity contribution in [1.82, 2.24) is 0 Å². The molecule has 2 rings (SSSR count). The maximum atomic E-state index is 10.8. The molecule has 0 unspecified atom stereocenters. The number of aromatic hydroxyl groups is 1. The lowest BCUT2D eigenvalue weighted by Gasteiger charge is -1.97. The largest absolute Gasteiger partial charge is 0.508 e. The zero-order valence-corrected chi connectivity index (χ0v) is 10.6. The molecular formula is C15H16O4. The molecule has 0 saturated carbocycles. The van der Waals surface area contributed by atoms with E-state index in [4.69, 9.17) is 10.2 Å². The lowest BCUT2D eigenvalue weighted by Crippen LogP contribution is -1.99. The third-order valence-electron chi connectivity index (χ3n) is 2.31. The summed E-state index contributed by atoms with van der Waals surface area (Å²) in [6.45, 7) is 0.140. The minimum Gasteiger partial charge on any atom is -0.508 e. The second-order valence-electron chi connectivity index (χ2n) is 3.68. The zero-order chi connectivity index (χ0) is 14.1. The quantitative estimate of drug-likeness (QED) is 0.813. The molecule has 2 aromatic rings. The fourth-order valence-corrected chi connectivity index (χ4v) is 1.30. The number of aliphatic hydroxyl groups excluding tert-OH is 1. The van der Waals surface area contributed by atoms with Gasteiger partial charge in [-0.1, -0.05) is 30.3 Å². The molecule has 0 atom stereocenters. The number of phenols is 1. The Balaban J connectivity index is 0.000000200. The molecule has 2 N–H and O–H groups in total. The van der Waals surface area contributed by atoms with Crippen LogP contribution in [0.25, 0.3) is 0 Å². The van der Waals surface area contributed by atoms with Crippen LogP contribution in [0.4, 0.5) is 0 Å². The van der Waals surface area contributed by atoms with Crippen LogP contribution in [0.5, 0.6) is 5.75 Å². The Morgan fingerprint density at radius 2 is 1.63 bits per heavy atom. The van der Waals surface area contributed by atoms with E-state index in [2.05, 4.69) is 4.74 Å². The molecule has 0 saturated heterocycles. The van der Waals surface area contributed by atoms with Crippen molar-refractivity contribution in [2.45, 2.75) is 6.61 Å². The van der Waals surface area contributed by atoms with Crippen LogP contribution >= 0.6 is 0 Å². The third-order valence-corrected chi connectivity index (χ3v) is 2.31. The number of methoxy groups -OCH3 is 1. The molecule has 19 heavy (non-hydrogen) atoms. The SMILES string of the molecule is COC(=O)c1ccc(O)cc1.OCc1ccccc1. The third kappa shape index (κ3) is 5.23. The van der Waals surface area contributed by atoms with Gasteiger partial charge in [0.1, 0.15) is 5.75 Å². The van der Waals surface area contributed by atoms with Crippen LogP contribution in [0.3, 0.4) is 0 Å². The Kier molecular flexibility index (Phi) is 6.12. The molecule has 0 aliphatic heterocycles. The van der Waals surface area contributed by atoms with Crippen LogP contribution in [-0.4, -0.2) is 23.3 Å². The molecule has 0 aliphatic carbocycles. The number of carbonyl (C=O) groups excluding carboxylic acids is 1. The monoisotopic (exact) mass is 260 g/mol. The van der Waals surface area contributed by atoms with Gasteiger partial charge in [-0.15, -0.1) is 0 Å². The summed E-state index contributed by atoms with van der Waals surface area (Å²) < 4.78 is 4.46. The highest BCUT2D eigenvalue weighted by atomic mass is 16.5. The van der Waals surface area contributed by atoms with Gasteiger partial charge in [-0.3, -0.25) is 0 Å². The molecule has 0 heterocycles. The second kappa shape index (κ2) is 7.89. The van der Waals surface area contributed by atoms with Crippen molar-refractivity contribution in [2.24, 2.45) is 0 Å². The van der Waals surface area contributed by atoms with Gasteiger partial charge in [0.2, 0.25) is 0 Å². The Bertz CT molecular complexity index is 491. The maximum absolute atomic E-state index is 10.8. The molecule has 0 bridgehead atoms. The lowest BCUT2D eigenvalue weighted by atomic mass is 10.2. The van der Waals surface area contributed by atoms with Crippen molar-refractivity contribution < 1.29 is 19.7 Å². The second-order valence-corrected chi connectivity index (χ2v) is 3.68. The van der Waals surface area contributed by atoms with E-state index in [0.717, 1.165) is 5.56 Å². The summed E-state index contributed by atoms with van der Waals surface area (Å²) in [4.78, 5) is 10.8. The number of esters is 1. The number of hydrogen-bond donors (Lipinski definition) is 2. The summed E-state index contributed by atoms with van der Waals surface area (Å²) in [5.74, 6) is -0.261. The van der Waals surface area contributed by atoms with E-state index in [-0.39, 0.29) is 12.4 Å². The van der Waals surface area contributed by atoms with Gasteiger partial charge in [0, 0.05) is 0 Å². The standard InChI is InChI=1S/C8H8O3.C7H8O/c1-11-8(10)6-2-4-7(9)5-3-6;8-6-7-4-2-1-3-5-7/h2-5,9H,1H3;1-5,8H,6H2. The van der Waals surface area contributed by atoms with Crippen LogP contribution in [0.15, 0.2) is 54.6 Å². The van der Waals surface area contributed by atoms with E-state index in [1.165, 1.54) is 31.4 Å². The van der Waals surface area contributed by atoms with Crippen molar-refractivity contribution in [2.75, 3.05) is 7.11 Å². The fourth-order valence-electron chi connectivity index (χ4n) is 1.30. The first-order chi connectivity index (χ1) is 9.17. The molecule has 0 aromatic heterocycles. The average Bonchev–Trinajstić information content (AvgIpc) is 2.48. The van der Waals surface area contributed by atoms with Crippen molar-refractivity contribution >= 4 is 5.97 Å². The Hall–Kier alpha value is -2.33. The van der Waals surface area contributed by atoms with E-state index in [1.807, 2.05) is 30.3 Å². The lowest BCUT2D eigenvalue weighted by molar-refractivity contribution is 0.0600. The van der Waals surface area contributed by atoms with Crippen LogP contribution in [-0.2, 0) is 11.3 Å². The van der Waals surface area contributed by atoms with Crippen LogP contribution < -0.4 is 0 Å². The smallest absolute Gasteiger partial charge is 0.337 e. The first-order valence-electron chi connectivity index (χ1n) is 5.69. The summed E-state index contributed by atoms with van der Waals surface area (Å²) in [5.41, 5.74) is 1.40. The van der Waals surface area contributed by atoms with Gasteiger partial charge in [0.25, 0.3) is 0 Å². The topological polar surface area (TPSA) is 66.8 Å². The maximum Gasteiger partial charge on any atom is 0.337 e. The summed E-state index contributed by atoms with van der Waals surface area (Å²) in [6, 6.07) is 15.4. The number of hydrogen-bond acceptors (Lipinski definition) is 4. The molecule has 2 aromatic carbocycles. The van der Waals surface area contributed by atoms with Gasteiger partial charge in [-0.2, -0.15) is 0 Å². The average molecular weight is 260 g/mol. The number of ether oxygens (including phenoxy) is 1. The van der Waals surface area contributed by atoms with Crippen LogP contribution in [0.1, 0.15) is 15.9 Å². The molecule has 0 amide bonds. The number of aliphatic hydroxyl groups is 1. The highest BCUT2D eigenvalue weighted by molar-refractivity contribution is 5.89. The van der Waals surface area contributed by atoms with Gasteiger partial charge >= 0.3 is 5.97 Å². The number of rotatable bonds is 2. The predicted molar refractivity (Wildman–Crippen MR) is 71.8 cm³/mol. The van der Waals surface area contributed by atoms with E-state index in [1.54, 1.807) is 0 Å². The molecular weight excluding hydrogens is 244 g/mol. The first-order valence-corrected chi connectivity index (χ1v) is 5.69. The molecule has 0 radical (unpaired) electrons. The zero-order valence-electron chi connectivity index (χ0n) is 10.6. The minimum atomic E-state index is -0.398. The predicted octanol–water partition coefficient (Wildman–Crippen LogP) is 2.36. The fraction of sp³-hybridized carbons (Fsp3) is 0.133. The molecule has 4 nitrogen and oxygen atoms in total. The molecule has 4 heteroatoms. The Labute approximate surface area is 111 Å². The van der Waals surface area contributed by atoms with Crippen molar-refractivity contribution in [3.8, 4) is 5.75 Å². The molecule has 0 aliphatic rings. The number of phenolic OH excluding ortho intramolecular Hbond substituents is 1. The summed E-state index contributed by atoms with van der Waals surface area (Å²) >= 11 is 0. The van der Waals surface area contributed by atoms with Gasteiger partial charge < -0.3 is 14.9 Å². The van der Waals surface area contributed by atoms with Crippen LogP contribution in [0.2, 0.25) is 0 Å². The number of carbonyl (C=O) groups is 1. The minimum absolute atomic E-state index is 0.137. The van der Waals surface area contributed by atoms with E-state index in [9.17, 15) is 4.79 Å². The normalized spacial score (nSPS) is 9.16. The summed E-state index contributed by atoms with van der Waals surface area (Å²) in [7, 11) is 1.31. The molecule has 0 spiro atoms.